The third kappa shape index (κ3) is 7.96. The number of hydrogen-bond acceptors (Lipinski definition) is 5. The van der Waals surface area contributed by atoms with Crippen molar-refractivity contribution in [3.8, 4) is 0 Å². The highest BCUT2D eigenvalue weighted by Crippen LogP contribution is 2.19. The van der Waals surface area contributed by atoms with Crippen LogP contribution in [0.15, 0.2) is 9.52 Å². The molecule has 132 valence electrons. The van der Waals surface area contributed by atoms with E-state index in [2.05, 4.69) is 25.8 Å². The molecule has 1 aliphatic carbocycles. The molecule has 23 heavy (non-hydrogen) atoms. The molecule has 8 heteroatoms. The van der Waals surface area contributed by atoms with Gasteiger partial charge in [-0.25, -0.2) is 0 Å². The predicted molar refractivity (Wildman–Crippen MR) is 100 cm³/mol. The zero-order valence-electron chi connectivity index (χ0n) is 14.0. The predicted octanol–water partition coefficient (Wildman–Crippen LogP) is 2.40. The summed E-state index contributed by atoms with van der Waals surface area (Å²) in [5.41, 5.74) is 0. The lowest BCUT2D eigenvalue weighted by Crippen LogP contribution is -2.39. The Labute approximate surface area is 155 Å². The standard InChI is InChI=1S/C15H27N5O2.HI/c1-12-19-14(22-20-12)11-18-15(16-2)17-9-10-21-13-7-5-3-4-6-8-13;/h13H,3-11H2,1-2H3,(H2,16,17,18);1H. The monoisotopic (exact) mass is 437 g/mol. The Morgan fingerprint density at radius 1 is 1.26 bits per heavy atom. The van der Waals surface area contributed by atoms with Gasteiger partial charge in [-0.15, -0.1) is 24.0 Å². The lowest BCUT2D eigenvalue weighted by atomic mass is 10.1. The fourth-order valence-corrected chi connectivity index (χ4v) is 2.60. The first kappa shape index (κ1) is 20.1. The van der Waals surface area contributed by atoms with Crippen molar-refractivity contribution in [2.45, 2.75) is 58.1 Å². The minimum Gasteiger partial charge on any atom is -0.376 e. The fraction of sp³-hybridized carbons (Fsp3) is 0.800. The summed E-state index contributed by atoms with van der Waals surface area (Å²) in [6.07, 6.45) is 8.12. The number of rotatable bonds is 6. The van der Waals surface area contributed by atoms with Gasteiger partial charge >= 0.3 is 0 Å². The summed E-state index contributed by atoms with van der Waals surface area (Å²) in [5.74, 6) is 1.90. The highest BCUT2D eigenvalue weighted by Gasteiger charge is 2.12. The Hall–Kier alpha value is -0.900. The number of aromatic nitrogens is 2. The van der Waals surface area contributed by atoms with Crippen molar-refractivity contribution in [2.75, 3.05) is 20.2 Å². The molecule has 1 saturated carbocycles. The number of guanidine groups is 1. The average molecular weight is 437 g/mol. The molecular formula is C15H28IN5O2. The second-order valence-electron chi connectivity index (χ2n) is 5.57. The minimum absolute atomic E-state index is 0. The zero-order chi connectivity index (χ0) is 15.6. The molecule has 0 radical (unpaired) electrons. The van der Waals surface area contributed by atoms with E-state index in [1.54, 1.807) is 14.0 Å². The van der Waals surface area contributed by atoms with Gasteiger partial charge in [0, 0.05) is 13.6 Å². The maximum absolute atomic E-state index is 5.94. The third-order valence-corrected chi connectivity index (χ3v) is 3.75. The molecule has 0 spiro atoms. The Morgan fingerprint density at radius 3 is 2.61 bits per heavy atom. The molecule has 0 aromatic carbocycles. The van der Waals surface area contributed by atoms with Crippen molar-refractivity contribution in [1.82, 2.24) is 20.8 Å². The van der Waals surface area contributed by atoms with Gasteiger partial charge in [0.2, 0.25) is 5.89 Å². The number of hydrogen-bond donors (Lipinski definition) is 2. The van der Waals surface area contributed by atoms with Crippen LogP contribution >= 0.6 is 24.0 Å². The smallest absolute Gasteiger partial charge is 0.246 e. The Bertz CT molecular complexity index is 458. The molecule has 1 aromatic heterocycles. The molecule has 0 aliphatic heterocycles. The molecule has 7 nitrogen and oxygen atoms in total. The number of aryl methyl sites for hydroxylation is 1. The summed E-state index contributed by atoms with van der Waals surface area (Å²) >= 11 is 0. The topological polar surface area (TPSA) is 84.6 Å². The molecule has 0 unspecified atom stereocenters. The van der Waals surface area contributed by atoms with Gasteiger partial charge in [0.05, 0.1) is 19.3 Å². The maximum atomic E-state index is 5.94. The van der Waals surface area contributed by atoms with E-state index in [-0.39, 0.29) is 24.0 Å². The van der Waals surface area contributed by atoms with Crippen molar-refractivity contribution >= 4 is 29.9 Å². The van der Waals surface area contributed by atoms with Crippen LogP contribution in [0.5, 0.6) is 0 Å². The van der Waals surface area contributed by atoms with Crippen LogP contribution in [-0.2, 0) is 11.3 Å². The quantitative estimate of drug-likeness (QED) is 0.234. The van der Waals surface area contributed by atoms with E-state index in [4.69, 9.17) is 9.26 Å². The van der Waals surface area contributed by atoms with Crippen LogP contribution in [0.25, 0.3) is 0 Å². The van der Waals surface area contributed by atoms with Crippen LogP contribution in [0.1, 0.15) is 50.2 Å². The Balaban J connectivity index is 0.00000264. The normalized spacial score (nSPS) is 16.5. The molecular weight excluding hydrogens is 409 g/mol. The largest absolute Gasteiger partial charge is 0.376 e. The van der Waals surface area contributed by atoms with Crippen LogP contribution in [0.2, 0.25) is 0 Å². The molecule has 1 aliphatic rings. The lowest BCUT2D eigenvalue weighted by molar-refractivity contribution is 0.0468. The number of ether oxygens (including phenoxy) is 1. The zero-order valence-corrected chi connectivity index (χ0v) is 16.3. The molecule has 0 saturated heterocycles. The summed E-state index contributed by atoms with van der Waals surface area (Å²) in [7, 11) is 1.74. The van der Waals surface area contributed by atoms with Crippen molar-refractivity contribution in [1.29, 1.82) is 0 Å². The van der Waals surface area contributed by atoms with E-state index < -0.39 is 0 Å². The third-order valence-electron chi connectivity index (χ3n) is 3.75. The Morgan fingerprint density at radius 2 is 2.00 bits per heavy atom. The first-order chi connectivity index (χ1) is 10.8. The van der Waals surface area contributed by atoms with E-state index in [0.717, 1.165) is 6.54 Å². The highest BCUT2D eigenvalue weighted by molar-refractivity contribution is 14.0. The second kappa shape index (κ2) is 11.6. The molecule has 2 N–H and O–H groups in total. The van der Waals surface area contributed by atoms with Crippen LogP contribution in [0.4, 0.5) is 0 Å². The molecule has 0 bridgehead atoms. The van der Waals surface area contributed by atoms with Gasteiger partial charge < -0.3 is 19.9 Å². The molecule has 1 fully saturated rings. The molecule has 2 rings (SSSR count). The van der Waals surface area contributed by atoms with Crippen molar-refractivity contribution < 1.29 is 9.26 Å². The van der Waals surface area contributed by atoms with Gasteiger partial charge in [-0.05, 0) is 19.8 Å². The highest BCUT2D eigenvalue weighted by atomic mass is 127. The maximum Gasteiger partial charge on any atom is 0.246 e. The van der Waals surface area contributed by atoms with Crippen LogP contribution in [0.3, 0.4) is 0 Å². The van der Waals surface area contributed by atoms with Crippen molar-refractivity contribution in [3.05, 3.63) is 11.7 Å². The van der Waals surface area contributed by atoms with Gasteiger partial charge in [0.25, 0.3) is 0 Å². The number of halogens is 1. The second-order valence-corrected chi connectivity index (χ2v) is 5.57. The van der Waals surface area contributed by atoms with E-state index >= 15 is 0 Å². The van der Waals surface area contributed by atoms with E-state index in [1.807, 2.05) is 0 Å². The number of aliphatic imine (C=N–C) groups is 1. The summed E-state index contributed by atoms with van der Waals surface area (Å²) in [5, 5.41) is 10.1. The van der Waals surface area contributed by atoms with Crippen molar-refractivity contribution in [2.24, 2.45) is 4.99 Å². The minimum atomic E-state index is 0. The first-order valence-corrected chi connectivity index (χ1v) is 8.13. The number of nitrogens with zero attached hydrogens (tertiary/aromatic N) is 3. The van der Waals surface area contributed by atoms with Gasteiger partial charge in [-0.2, -0.15) is 4.98 Å². The van der Waals surface area contributed by atoms with E-state index in [0.29, 0.717) is 36.9 Å². The first-order valence-electron chi connectivity index (χ1n) is 8.13. The van der Waals surface area contributed by atoms with Gasteiger partial charge in [0.1, 0.15) is 0 Å². The number of nitrogens with one attached hydrogen (secondary N) is 2. The summed E-state index contributed by atoms with van der Waals surface area (Å²) in [6, 6.07) is 0. The van der Waals surface area contributed by atoms with Crippen LogP contribution < -0.4 is 10.6 Å². The fourth-order valence-electron chi connectivity index (χ4n) is 2.60. The molecule has 0 amide bonds. The average Bonchev–Trinajstić information content (AvgIpc) is 2.78. The van der Waals surface area contributed by atoms with Crippen molar-refractivity contribution in [3.63, 3.8) is 0 Å². The molecule has 1 heterocycles. The Kier molecular flexibility index (Phi) is 10.2. The van der Waals surface area contributed by atoms with E-state index in [9.17, 15) is 0 Å². The van der Waals surface area contributed by atoms with Gasteiger partial charge in [0.15, 0.2) is 11.8 Å². The SMILES string of the molecule is CN=C(NCCOC1CCCCCC1)NCc1nc(C)no1.I. The molecule has 0 atom stereocenters. The van der Waals surface area contributed by atoms with Gasteiger partial charge in [-0.3, -0.25) is 4.99 Å². The van der Waals surface area contributed by atoms with E-state index in [1.165, 1.54) is 38.5 Å². The summed E-state index contributed by atoms with van der Waals surface area (Å²) in [6.45, 7) is 3.69. The lowest BCUT2D eigenvalue weighted by Gasteiger charge is -2.16. The van der Waals surface area contributed by atoms with Crippen LogP contribution in [0, 0.1) is 6.92 Å². The molecule has 1 aromatic rings. The van der Waals surface area contributed by atoms with Crippen LogP contribution in [-0.4, -0.2) is 42.4 Å². The van der Waals surface area contributed by atoms with Gasteiger partial charge in [-0.1, -0.05) is 30.8 Å². The summed E-state index contributed by atoms with van der Waals surface area (Å²) in [4.78, 5) is 8.29. The summed E-state index contributed by atoms with van der Waals surface area (Å²) < 4.78 is 11.0.